The molecular weight excluding hydrogens is 258 g/mol. The minimum absolute atomic E-state index is 0.504. The lowest BCUT2D eigenvalue weighted by Crippen LogP contribution is -2.29. The smallest absolute Gasteiger partial charge is 0.122 e. The predicted octanol–water partition coefficient (Wildman–Crippen LogP) is 4.34. The van der Waals surface area contributed by atoms with Gasteiger partial charge in [0.2, 0.25) is 0 Å². The van der Waals surface area contributed by atoms with E-state index in [0.717, 1.165) is 36.5 Å². The van der Waals surface area contributed by atoms with Gasteiger partial charge in [0.15, 0.2) is 0 Å². The molecular formula is C19H29NO. The molecule has 2 nitrogen and oxygen atoms in total. The lowest BCUT2D eigenvalue weighted by molar-refractivity contribution is 0.192. The summed E-state index contributed by atoms with van der Waals surface area (Å²) in [5.41, 5.74) is 2.85. The standard InChI is InChI=1S/C19H29NO/c1-13(2)14-4-6-15(7-5-14)19(20-3)17-8-9-18-16(12-17)10-11-21-18/h8-9,12-15,19-20H,4-7,10-11H2,1-3H3. The van der Waals surface area contributed by atoms with Gasteiger partial charge in [-0.3, -0.25) is 0 Å². The summed E-state index contributed by atoms with van der Waals surface area (Å²) >= 11 is 0. The van der Waals surface area contributed by atoms with Crippen LogP contribution in [0.25, 0.3) is 0 Å². The Morgan fingerprint density at radius 2 is 1.81 bits per heavy atom. The second-order valence-corrected chi connectivity index (χ2v) is 7.15. The van der Waals surface area contributed by atoms with Gasteiger partial charge in [-0.05, 0) is 67.7 Å². The zero-order valence-electron chi connectivity index (χ0n) is 13.7. The normalized spacial score (nSPS) is 26.5. The molecule has 0 bridgehead atoms. The molecule has 1 aromatic rings. The zero-order chi connectivity index (χ0) is 14.8. The first-order valence-electron chi connectivity index (χ1n) is 8.62. The van der Waals surface area contributed by atoms with E-state index in [-0.39, 0.29) is 0 Å². The van der Waals surface area contributed by atoms with Gasteiger partial charge in [0, 0.05) is 12.5 Å². The average molecular weight is 287 g/mol. The molecule has 0 spiro atoms. The third-order valence-electron chi connectivity index (χ3n) is 5.61. The Morgan fingerprint density at radius 1 is 1.10 bits per heavy atom. The van der Waals surface area contributed by atoms with Crippen molar-refractivity contribution in [2.24, 2.45) is 17.8 Å². The summed E-state index contributed by atoms with van der Waals surface area (Å²) < 4.78 is 5.63. The minimum Gasteiger partial charge on any atom is -0.493 e. The molecule has 1 aromatic carbocycles. The Bertz CT molecular complexity index is 474. The van der Waals surface area contributed by atoms with Crippen LogP contribution in [0.4, 0.5) is 0 Å². The Labute approximate surface area is 129 Å². The van der Waals surface area contributed by atoms with Gasteiger partial charge in [0.25, 0.3) is 0 Å². The fourth-order valence-corrected chi connectivity index (χ4v) is 4.22. The first-order chi connectivity index (χ1) is 10.2. The van der Waals surface area contributed by atoms with Gasteiger partial charge < -0.3 is 10.1 Å². The van der Waals surface area contributed by atoms with E-state index in [1.807, 2.05) is 0 Å². The molecule has 21 heavy (non-hydrogen) atoms. The van der Waals surface area contributed by atoms with Gasteiger partial charge in [0.1, 0.15) is 5.75 Å². The lowest BCUT2D eigenvalue weighted by Gasteiger charge is -2.35. The largest absolute Gasteiger partial charge is 0.493 e. The maximum Gasteiger partial charge on any atom is 0.122 e. The maximum absolute atomic E-state index is 5.63. The van der Waals surface area contributed by atoms with E-state index in [1.165, 1.54) is 36.8 Å². The molecule has 1 fully saturated rings. The van der Waals surface area contributed by atoms with Crippen molar-refractivity contribution in [3.63, 3.8) is 0 Å². The van der Waals surface area contributed by atoms with Crippen LogP contribution < -0.4 is 10.1 Å². The number of rotatable bonds is 4. The van der Waals surface area contributed by atoms with E-state index in [9.17, 15) is 0 Å². The maximum atomic E-state index is 5.63. The summed E-state index contributed by atoms with van der Waals surface area (Å²) in [6.07, 6.45) is 6.59. The molecule has 0 saturated heterocycles. The van der Waals surface area contributed by atoms with Crippen molar-refractivity contribution in [2.45, 2.75) is 52.0 Å². The number of fused-ring (bicyclic) bond motifs is 1. The van der Waals surface area contributed by atoms with Crippen LogP contribution in [-0.4, -0.2) is 13.7 Å². The van der Waals surface area contributed by atoms with Crippen molar-refractivity contribution >= 4 is 0 Å². The lowest BCUT2D eigenvalue weighted by atomic mass is 9.73. The van der Waals surface area contributed by atoms with E-state index in [0.29, 0.717) is 6.04 Å². The molecule has 1 aliphatic heterocycles. The van der Waals surface area contributed by atoms with Crippen LogP contribution in [-0.2, 0) is 6.42 Å². The van der Waals surface area contributed by atoms with Gasteiger partial charge in [-0.1, -0.05) is 26.0 Å². The van der Waals surface area contributed by atoms with Crippen LogP contribution in [0.5, 0.6) is 5.75 Å². The SMILES string of the molecule is CNC(c1ccc2c(c1)CCO2)C1CCC(C(C)C)CC1. The van der Waals surface area contributed by atoms with Crippen LogP contribution in [0.3, 0.4) is 0 Å². The summed E-state index contributed by atoms with van der Waals surface area (Å²) in [6, 6.07) is 7.31. The Hall–Kier alpha value is -1.02. The van der Waals surface area contributed by atoms with Gasteiger partial charge >= 0.3 is 0 Å². The number of hydrogen-bond acceptors (Lipinski definition) is 2. The molecule has 1 N–H and O–H groups in total. The van der Waals surface area contributed by atoms with Crippen molar-refractivity contribution in [3.8, 4) is 5.75 Å². The van der Waals surface area contributed by atoms with Crippen LogP contribution in [0.2, 0.25) is 0 Å². The quantitative estimate of drug-likeness (QED) is 0.889. The molecule has 1 unspecified atom stereocenters. The summed E-state index contributed by atoms with van der Waals surface area (Å²) in [4.78, 5) is 0. The van der Waals surface area contributed by atoms with Gasteiger partial charge in [0.05, 0.1) is 6.61 Å². The molecule has 0 aromatic heterocycles. The number of benzene rings is 1. The van der Waals surface area contributed by atoms with E-state index in [1.54, 1.807) is 0 Å². The van der Waals surface area contributed by atoms with E-state index >= 15 is 0 Å². The highest BCUT2D eigenvalue weighted by Crippen LogP contribution is 2.40. The number of hydrogen-bond donors (Lipinski definition) is 1. The molecule has 2 heteroatoms. The molecule has 2 aliphatic rings. The Kier molecular flexibility index (Phi) is 4.54. The van der Waals surface area contributed by atoms with E-state index < -0.39 is 0 Å². The highest BCUT2D eigenvalue weighted by Gasteiger charge is 2.29. The third kappa shape index (κ3) is 3.11. The Morgan fingerprint density at radius 3 is 2.48 bits per heavy atom. The highest BCUT2D eigenvalue weighted by atomic mass is 16.5. The molecule has 1 atom stereocenters. The fourth-order valence-electron chi connectivity index (χ4n) is 4.22. The highest BCUT2D eigenvalue weighted by molar-refractivity contribution is 5.41. The van der Waals surface area contributed by atoms with Crippen LogP contribution >= 0.6 is 0 Å². The second kappa shape index (κ2) is 6.39. The minimum atomic E-state index is 0.504. The van der Waals surface area contributed by atoms with Crippen molar-refractivity contribution in [3.05, 3.63) is 29.3 Å². The van der Waals surface area contributed by atoms with Crippen LogP contribution in [0.15, 0.2) is 18.2 Å². The molecule has 0 radical (unpaired) electrons. The molecule has 0 amide bonds. The number of ether oxygens (including phenoxy) is 1. The topological polar surface area (TPSA) is 21.3 Å². The molecule has 116 valence electrons. The van der Waals surface area contributed by atoms with Gasteiger partial charge in [-0.25, -0.2) is 0 Å². The van der Waals surface area contributed by atoms with Crippen molar-refractivity contribution in [1.82, 2.24) is 5.32 Å². The monoisotopic (exact) mass is 287 g/mol. The predicted molar refractivity (Wildman–Crippen MR) is 87.7 cm³/mol. The van der Waals surface area contributed by atoms with Crippen molar-refractivity contribution < 1.29 is 4.74 Å². The number of nitrogens with one attached hydrogen (secondary N) is 1. The molecule has 1 aliphatic carbocycles. The summed E-state index contributed by atoms with van der Waals surface area (Å²) in [5, 5.41) is 3.58. The van der Waals surface area contributed by atoms with E-state index in [2.05, 4.69) is 44.4 Å². The van der Waals surface area contributed by atoms with Crippen molar-refractivity contribution in [2.75, 3.05) is 13.7 Å². The van der Waals surface area contributed by atoms with E-state index in [4.69, 9.17) is 4.74 Å². The summed E-state index contributed by atoms with van der Waals surface area (Å²) in [5.74, 6) is 3.66. The van der Waals surface area contributed by atoms with Gasteiger partial charge in [-0.15, -0.1) is 0 Å². The fraction of sp³-hybridized carbons (Fsp3) is 0.684. The summed E-state index contributed by atoms with van der Waals surface area (Å²) in [6.45, 7) is 5.60. The zero-order valence-corrected chi connectivity index (χ0v) is 13.7. The van der Waals surface area contributed by atoms with Crippen LogP contribution in [0, 0.1) is 17.8 Å². The first kappa shape index (κ1) is 14.9. The second-order valence-electron chi connectivity index (χ2n) is 7.15. The summed E-state index contributed by atoms with van der Waals surface area (Å²) in [7, 11) is 2.11. The molecule has 1 heterocycles. The van der Waals surface area contributed by atoms with Crippen LogP contribution in [0.1, 0.15) is 56.7 Å². The third-order valence-corrected chi connectivity index (χ3v) is 5.61. The van der Waals surface area contributed by atoms with Gasteiger partial charge in [-0.2, -0.15) is 0 Å². The first-order valence-corrected chi connectivity index (χ1v) is 8.62. The molecule has 3 rings (SSSR count). The average Bonchev–Trinajstić information content (AvgIpc) is 2.96. The Balaban J connectivity index is 1.71. The van der Waals surface area contributed by atoms with Crippen molar-refractivity contribution in [1.29, 1.82) is 0 Å². The molecule has 1 saturated carbocycles.